The van der Waals surface area contributed by atoms with Crippen LogP contribution >= 0.6 is 12.6 Å². The van der Waals surface area contributed by atoms with Crippen LogP contribution < -0.4 is 15.8 Å². The molecule has 0 unspecified atom stereocenters. The molecule has 2 aromatic rings. The molecule has 0 aliphatic rings. The summed E-state index contributed by atoms with van der Waals surface area (Å²) in [6.45, 7) is 7.26. The van der Waals surface area contributed by atoms with Crippen LogP contribution in [0.5, 0.6) is 5.75 Å². The molecule has 0 heterocycles. The zero-order chi connectivity index (χ0) is 19.1. The van der Waals surface area contributed by atoms with Gasteiger partial charge >= 0.3 is 0 Å². The van der Waals surface area contributed by atoms with Crippen LogP contribution in [0.2, 0.25) is 0 Å². The zero-order valence-corrected chi connectivity index (χ0v) is 16.4. The van der Waals surface area contributed by atoms with E-state index in [0.29, 0.717) is 24.5 Å². The number of thiol groups is 1. The van der Waals surface area contributed by atoms with Gasteiger partial charge in [-0.05, 0) is 48.9 Å². The normalized spacial score (nSPS) is 10.3. The molecular formula is C21H26N2O2S. The van der Waals surface area contributed by atoms with E-state index in [2.05, 4.69) is 37.0 Å². The van der Waals surface area contributed by atoms with E-state index in [1.165, 1.54) is 16.7 Å². The molecule has 0 fully saturated rings. The monoisotopic (exact) mass is 370 g/mol. The molecule has 26 heavy (non-hydrogen) atoms. The lowest BCUT2D eigenvalue weighted by Crippen LogP contribution is -2.12. The van der Waals surface area contributed by atoms with Crippen molar-refractivity contribution in [2.45, 2.75) is 33.7 Å². The first-order chi connectivity index (χ1) is 12.4. The highest BCUT2D eigenvalue weighted by Gasteiger charge is 2.07. The van der Waals surface area contributed by atoms with Gasteiger partial charge in [-0.2, -0.15) is 0 Å². The van der Waals surface area contributed by atoms with E-state index in [9.17, 15) is 4.79 Å². The van der Waals surface area contributed by atoms with Gasteiger partial charge in [0, 0.05) is 30.3 Å². The molecule has 0 spiro atoms. The maximum Gasteiger partial charge on any atom is 0.248 e. The van der Waals surface area contributed by atoms with E-state index in [-0.39, 0.29) is 0 Å². The van der Waals surface area contributed by atoms with Crippen molar-refractivity contribution >= 4 is 24.2 Å². The molecule has 0 bridgehead atoms. The second kappa shape index (κ2) is 9.34. The lowest BCUT2D eigenvalue weighted by Gasteiger charge is -2.13. The summed E-state index contributed by atoms with van der Waals surface area (Å²) in [5.74, 6) is 0.136. The minimum atomic E-state index is -0.478. The molecule has 138 valence electrons. The highest BCUT2D eigenvalue weighted by molar-refractivity contribution is 7.84. The Bertz CT molecular complexity index is 811. The van der Waals surface area contributed by atoms with Crippen LogP contribution in [0.15, 0.2) is 52.9 Å². The Morgan fingerprint density at radius 2 is 1.92 bits per heavy atom. The van der Waals surface area contributed by atoms with Gasteiger partial charge in [-0.3, -0.25) is 4.79 Å². The average Bonchev–Trinajstić information content (AvgIpc) is 2.60. The fraction of sp³-hybridized carbons (Fsp3) is 0.286. The largest absolute Gasteiger partial charge is 0.493 e. The second-order valence-corrected chi connectivity index (χ2v) is 6.98. The minimum Gasteiger partial charge on any atom is -0.493 e. The van der Waals surface area contributed by atoms with Gasteiger partial charge in [-0.15, -0.1) is 12.6 Å². The van der Waals surface area contributed by atoms with Crippen LogP contribution in [-0.2, 0) is 6.54 Å². The molecule has 2 rings (SSSR count). The van der Waals surface area contributed by atoms with Gasteiger partial charge in [0.05, 0.1) is 6.61 Å². The summed E-state index contributed by atoms with van der Waals surface area (Å²) in [6, 6.07) is 13.5. The Labute approximate surface area is 160 Å². The summed E-state index contributed by atoms with van der Waals surface area (Å²) >= 11 is 4.44. The Morgan fingerprint density at radius 3 is 2.58 bits per heavy atom. The predicted octanol–water partition coefficient (Wildman–Crippen LogP) is 4.70. The fourth-order valence-electron chi connectivity index (χ4n) is 2.45. The number of allylic oxidation sites excluding steroid dienone is 1. The molecule has 0 aliphatic carbocycles. The standard InChI is InChI=1S/C21H26N2O2S/c1-14(2)20(26)8-9-25-19-11-17(21(22)24)10-18(12-19)23-13-16-7-5-4-6-15(16)3/h4-7,10-12,23,26H,8-9,13H2,1-3H3,(H2,22,24). The van der Waals surface area contributed by atoms with Crippen molar-refractivity contribution in [3.63, 3.8) is 0 Å². The number of carbonyl (C=O) groups excluding carboxylic acids is 1. The highest BCUT2D eigenvalue weighted by atomic mass is 32.1. The van der Waals surface area contributed by atoms with Gasteiger partial charge in [-0.25, -0.2) is 0 Å². The van der Waals surface area contributed by atoms with E-state index in [1.54, 1.807) is 12.1 Å². The molecule has 0 saturated carbocycles. The predicted molar refractivity (Wildman–Crippen MR) is 111 cm³/mol. The van der Waals surface area contributed by atoms with Gasteiger partial charge in [0.25, 0.3) is 0 Å². The smallest absolute Gasteiger partial charge is 0.248 e. The highest BCUT2D eigenvalue weighted by Crippen LogP contribution is 2.23. The van der Waals surface area contributed by atoms with E-state index < -0.39 is 5.91 Å². The number of aryl methyl sites for hydroxylation is 1. The summed E-state index contributed by atoms with van der Waals surface area (Å²) in [4.78, 5) is 12.6. The number of benzene rings is 2. The number of carbonyl (C=O) groups is 1. The number of primary amides is 1. The first kappa shape index (κ1) is 19.9. The van der Waals surface area contributed by atoms with Crippen molar-refractivity contribution in [2.24, 2.45) is 5.73 Å². The third-order valence-corrected chi connectivity index (χ3v) is 4.79. The van der Waals surface area contributed by atoms with Crippen LogP contribution in [0, 0.1) is 6.92 Å². The Kier molecular flexibility index (Phi) is 7.16. The van der Waals surface area contributed by atoms with Crippen molar-refractivity contribution in [2.75, 3.05) is 11.9 Å². The topological polar surface area (TPSA) is 64.3 Å². The Balaban J connectivity index is 2.10. The van der Waals surface area contributed by atoms with Crippen molar-refractivity contribution in [1.29, 1.82) is 0 Å². The van der Waals surface area contributed by atoms with E-state index in [4.69, 9.17) is 10.5 Å². The second-order valence-electron chi connectivity index (χ2n) is 6.44. The molecule has 0 atom stereocenters. The van der Waals surface area contributed by atoms with Crippen LogP contribution in [-0.4, -0.2) is 12.5 Å². The summed E-state index contributed by atoms with van der Waals surface area (Å²) in [7, 11) is 0. The summed E-state index contributed by atoms with van der Waals surface area (Å²) in [5, 5.41) is 3.34. The van der Waals surface area contributed by atoms with Crippen LogP contribution in [0.25, 0.3) is 0 Å². The molecular weight excluding hydrogens is 344 g/mol. The first-order valence-corrected chi connectivity index (χ1v) is 9.03. The molecule has 4 nitrogen and oxygen atoms in total. The van der Waals surface area contributed by atoms with Crippen LogP contribution in [0.3, 0.4) is 0 Å². The molecule has 0 radical (unpaired) electrons. The van der Waals surface area contributed by atoms with E-state index in [0.717, 1.165) is 17.0 Å². The SMILES string of the molecule is CC(C)=C(S)CCOc1cc(NCc2ccccc2C)cc(C(N)=O)c1. The lowest BCUT2D eigenvalue weighted by atomic mass is 10.1. The van der Waals surface area contributed by atoms with Crippen LogP contribution in [0.4, 0.5) is 5.69 Å². The van der Waals surface area contributed by atoms with Gasteiger partial charge < -0.3 is 15.8 Å². The minimum absolute atomic E-state index is 0.420. The molecule has 0 saturated heterocycles. The molecule has 3 N–H and O–H groups in total. The van der Waals surface area contributed by atoms with E-state index in [1.807, 2.05) is 32.0 Å². The van der Waals surface area contributed by atoms with Crippen molar-refractivity contribution in [3.8, 4) is 5.75 Å². The van der Waals surface area contributed by atoms with Gasteiger partial charge in [0.15, 0.2) is 0 Å². The maximum absolute atomic E-state index is 11.6. The number of nitrogens with one attached hydrogen (secondary N) is 1. The summed E-state index contributed by atoms with van der Waals surface area (Å²) in [6.07, 6.45) is 0.720. The van der Waals surface area contributed by atoms with Crippen molar-refractivity contribution in [1.82, 2.24) is 0 Å². The number of hydrogen-bond acceptors (Lipinski definition) is 4. The molecule has 0 aliphatic heterocycles. The lowest BCUT2D eigenvalue weighted by molar-refractivity contribution is 0.1000. The quantitative estimate of drug-likeness (QED) is 0.590. The number of rotatable bonds is 8. The van der Waals surface area contributed by atoms with E-state index >= 15 is 0 Å². The fourth-order valence-corrected chi connectivity index (χ4v) is 2.54. The van der Waals surface area contributed by atoms with Gasteiger partial charge in [-0.1, -0.05) is 29.8 Å². The Hall–Kier alpha value is -2.40. The number of ether oxygens (including phenoxy) is 1. The maximum atomic E-state index is 11.6. The number of nitrogens with two attached hydrogens (primary N) is 1. The molecule has 1 amide bonds. The van der Waals surface area contributed by atoms with Crippen LogP contribution in [0.1, 0.15) is 41.8 Å². The Morgan fingerprint density at radius 1 is 1.19 bits per heavy atom. The first-order valence-electron chi connectivity index (χ1n) is 8.58. The number of amides is 1. The summed E-state index contributed by atoms with van der Waals surface area (Å²) < 4.78 is 5.80. The zero-order valence-electron chi connectivity index (χ0n) is 15.5. The molecule has 0 aromatic heterocycles. The summed E-state index contributed by atoms with van der Waals surface area (Å²) in [5.41, 5.74) is 10.3. The third-order valence-electron chi connectivity index (χ3n) is 4.12. The third kappa shape index (κ3) is 5.85. The van der Waals surface area contributed by atoms with Gasteiger partial charge in [0.2, 0.25) is 5.91 Å². The molecule has 2 aromatic carbocycles. The average molecular weight is 371 g/mol. The van der Waals surface area contributed by atoms with Crippen molar-refractivity contribution < 1.29 is 9.53 Å². The molecule has 5 heteroatoms. The van der Waals surface area contributed by atoms with Crippen molar-refractivity contribution in [3.05, 3.63) is 69.6 Å². The number of anilines is 1. The van der Waals surface area contributed by atoms with Gasteiger partial charge in [0.1, 0.15) is 5.75 Å². The number of hydrogen-bond donors (Lipinski definition) is 3.